The Hall–Kier alpha value is -2.66. The number of imidazole rings is 1. The third-order valence-corrected chi connectivity index (χ3v) is 3.59. The van der Waals surface area contributed by atoms with Crippen LogP contribution in [0.25, 0.3) is 11.4 Å². The number of aliphatic hydroxyl groups is 1. The fraction of sp³-hybridized carbons (Fsp3) is 0.222. The molecule has 2 aromatic heterocycles. The lowest BCUT2D eigenvalue weighted by Gasteiger charge is -2.15. The first kappa shape index (κ1) is 15.2. The van der Waals surface area contributed by atoms with Crippen molar-refractivity contribution in [2.75, 3.05) is 6.61 Å². The summed E-state index contributed by atoms with van der Waals surface area (Å²) in [6.45, 7) is 2.64. The lowest BCUT2D eigenvalue weighted by molar-refractivity contribution is 0.0925. The molecule has 118 valence electrons. The average molecular weight is 309 g/mol. The normalized spacial score (nSPS) is 12.1. The van der Waals surface area contributed by atoms with Crippen LogP contribution in [0.5, 0.6) is 5.75 Å². The molecule has 23 heavy (non-hydrogen) atoms. The van der Waals surface area contributed by atoms with Gasteiger partial charge in [0.2, 0.25) is 0 Å². The number of rotatable bonds is 6. The van der Waals surface area contributed by atoms with E-state index in [-0.39, 0.29) is 6.61 Å². The lowest BCUT2D eigenvalue weighted by atomic mass is 10.2. The summed E-state index contributed by atoms with van der Waals surface area (Å²) in [5.74, 6) is 1.61. The van der Waals surface area contributed by atoms with Crippen molar-refractivity contribution in [3.63, 3.8) is 0 Å². The van der Waals surface area contributed by atoms with Gasteiger partial charge in [-0.3, -0.25) is 4.98 Å². The van der Waals surface area contributed by atoms with E-state index < -0.39 is 6.10 Å². The maximum atomic E-state index is 10.3. The number of hydrogen-bond acceptors (Lipinski definition) is 4. The van der Waals surface area contributed by atoms with Crippen molar-refractivity contribution >= 4 is 0 Å². The van der Waals surface area contributed by atoms with Crippen molar-refractivity contribution in [1.82, 2.24) is 14.5 Å². The van der Waals surface area contributed by atoms with E-state index in [2.05, 4.69) is 9.97 Å². The third kappa shape index (κ3) is 3.76. The van der Waals surface area contributed by atoms with Gasteiger partial charge in [0.1, 0.15) is 24.3 Å². The van der Waals surface area contributed by atoms with E-state index in [1.807, 2.05) is 54.1 Å². The van der Waals surface area contributed by atoms with Crippen molar-refractivity contribution in [3.8, 4) is 17.1 Å². The van der Waals surface area contributed by atoms with E-state index in [4.69, 9.17) is 4.74 Å². The van der Waals surface area contributed by atoms with E-state index in [0.717, 1.165) is 22.7 Å². The second kappa shape index (κ2) is 7.07. The van der Waals surface area contributed by atoms with Crippen LogP contribution in [-0.2, 0) is 6.54 Å². The van der Waals surface area contributed by atoms with E-state index in [9.17, 15) is 5.11 Å². The molecule has 0 aliphatic heterocycles. The Morgan fingerprint density at radius 3 is 2.70 bits per heavy atom. The van der Waals surface area contributed by atoms with Gasteiger partial charge < -0.3 is 14.4 Å². The summed E-state index contributed by atoms with van der Waals surface area (Å²) >= 11 is 0. The zero-order chi connectivity index (χ0) is 16.1. The van der Waals surface area contributed by atoms with Crippen LogP contribution in [0.2, 0.25) is 0 Å². The van der Waals surface area contributed by atoms with Crippen LogP contribution >= 0.6 is 0 Å². The number of pyridine rings is 1. The van der Waals surface area contributed by atoms with E-state index in [0.29, 0.717) is 6.54 Å². The van der Waals surface area contributed by atoms with Gasteiger partial charge in [0.25, 0.3) is 0 Å². The number of ether oxygens (including phenoxy) is 1. The summed E-state index contributed by atoms with van der Waals surface area (Å²) in [5, 5.41) is 10.3. The monoisotopic (exact) mass is 309 g/mol. The molecule has 5 heteroatoms. The first-order valence-electron chi connectivity index (χ1n) is 7.52. The van der Waals surface area contributed by atoms with Crippen LogP contribution in [0.15, 0.2) is 61.2 Å². The number of aromatic nitrogens is 3. The number of nitrogens with zero attached hydrogens (tertiary/aromatic N) is 3. The topological polar surface area (TPSA) is 60.2 Å². The molecular weight excluding hydrogens is 290 g/mol. The molecule has 0 fully saturated rings. The zero-order valence-electron chi connectivity index (χ0n) is 13.0. The summed E-state index contributed by atoms with van der Waals surface area (Å²) in [5.41, 5.74) is 2.02. The molecule has 0 saturated carbocycles. The fourth-order valence-electron chi connectivity index (χ4n) is 2.40. The van der Waals surface area contributed by atoms with Crippen LogP contribution in [0, 0.1) is 6.92 Å². The summed E-state index contributed by atoms with van der Waals surface area (Å²) in [4.78, 5) is 8.37. The predicted molar refractivity (Wildman–Crippen MR) is 88.1 cm³/mol. The van der Waals surface area contributed by atoms with Gasteiger partial charge in [0.05, 0.1) is 6.54 Å². The molecule has 3 rings (SSSR count). The molecule has 0 unspecified atom stereocenters. The second-order valence-electron chi connectivity index (χ2n) is 5.37. The maximum Gasteiger partial charge on any atom is 0.140 e. The molecule has 0 aliphatic rings. The molecule has 2 heterocycles. The molecular formula is C18H19N3O2. The number of aliphatic hydroxyl groups excluding tert-OH is 1. The Balaban J connectivity index is 1.64. The summed E-state index contributed by atoms with van der Waals surface area (Å²) in [6, 6.07) is 11.6. The lowest BCUT2D eigenvalue weighted by Crippen LogP contribution is -2.23. The molecule has 1 N–H and O–H groups in total. The Morgan fingerprint density at radius 2 is 1.91 bits per heavy atom. The molecule has 0 amide bonds. The standard InChI is InChI=1S/C18H19N3O2/c1-14-4-2-3-5-17(14)23-13-16(22)12-21-11-10-20-18(21)15-6-8-19-9-7-15/h2-11,16,22H,12-13H2,1H3/t16-/m1/s1. The fourth-order valence-corrected chi connectivity index (χ4v) is 2.40. The largest absolute Gasteiger partial charge is 0.491 e. The molecule has 5 nitrogen and oxygen atoms in total. The minimum Gasteiger partial charge on any atom is -0.491 e. The molecule has 0 spiro atoms. The van der Waals surface area contributed by atoms with Gasteiger partial charge >= 0.3 is 0 Å². The van der Waals surface area contributed by atoms with Gasteiger partial charge in [-0.1, -0.05) is 18.2 Å². The van der Waals surface area contributed by atoms with Gasteiger partial charge in [-0.15, -0.1) is 0 Å². The van der Waals surface area contributed by atoms with Crippen LogP contribution < -0.4 is 4.74 Å². The van der Waals surface area contributed by atoms with Crippen molar-refractivity contribution in [1.29, 1.82) is 0 Å². The Morgan fingerprint density at radius 1 is 1.13 bits per heavy atom. The Kier molecular flexibility index (Phi) is 4.68. The first-order chi connectivity index (χ1) is 11.2. The van der Waals surface area contributed by atoms with E-state index >= 15 is 0 Å². The Labute approximate surface area is 135 Å². The maximum absolute atomic E-state index is 10.3. The molecule has 0 saturated heterocycles. The number of para-hydroxylation sites is 1. The van der Waals surface area contributed by atoms with Crippen LogP contribution in [-0.4, -0.2) is 32.4 Å². The number of aryl methyl sites for hydroxylation is 1. The SMILES string of the molecule is Cc1ccccc1OC[C@H](O)Cn1ccnc1-c1ccncc1. The quantitative estimate of drug-likeness (QED) is 0.760. The summed E-state index contributed by atoms with van der Waals surface area (Å²) in [6.07, 6.45) is 6.42. The van der Waals surface area contributed by atoms with Gasteiger partial charge in [-0.05, 0) is 30.7 Å². The van der Waals surface area contributed by atoms with E-state index in [1.165, 1.54) is 0 Å². The summed E-state index contributed by atoms with van der Waals surface area (Å²) in [7, 11) is 0. The minimum absolute atomic E-state index is 0.235. The third-order valence-electron chi connectivity index (χ3n) is 3.59. The number of hydrogen-bond donors (Lipinski definition) is 1. The minimum atomic E-state index is -0.621. The van der Waals surface area contributed by atoms with E-state index in [1.54, 1.807) is 18.6 Å². The molecule has 3 aromatic rings. The van der Waals surface area contributed by atoms with Gasteiger partial charge in [0.15, 0.2) is 0 Å². The van der Waals surface area contributed by atoms with Crippen molar-refractivity contribution in [2.24, 2.45) is 0 Å². The molecule has 1 atom stereocenters. The van der Waals surface area contributed by atoms with Crippen LogP contribution in [0.4, 0.5) is 0 Å². The Bertz CT molecular complexity index is 756. The smallest absolute Gasteiger partial charge is 0.140 e. The second-order valence-corrected chi connectivity index (χ2v) is 5.37. The summed E-state index contributed by atoms with van der Waals surface area (Å²) < 4.78 is 7.62. The molecule has 0 bridgehead atoms. The van der Waals surface area contributed by atoms with Crippen LogP contribution in [0.1, 0.15) is 5.56 Å². The molecule has 1 aromatic carbocycles. The number of benzene rings is 1. The first-order valence-corrected chi connectivity index (χ1v) is 7.52. The highest BCUT2D eigenvalue weighted by atomic mass is 16.5. The van der Waals surface area contributed by atoms with Gasteiger partial charge in [-0.2, -0.15) is 0 Å². The zero-order valence-corrected chi connectivity index (χ0v) is 13.0. The average Bonchev–Trinajstić information content (AvgIpc) is 3.03. The van der Waals surface area contributed by atoms with Gasteiger partial charge in [0, 0.05) is 30.4 Å². The van der Waals surface area contributed by atoms with Crippen molar-refractivity contribution < 1.29 is 9.84 Å². The highest BCUT2D eigenvalue weighted by Gasteiger charge is 2.11. The van der Waals surface area contributed by atoms with Crippen molar-refractivity contribution in [2.45, 2.75) is 19.6 Å². The van der Waals surface area contributed by atoms with Crippen LogP contribution in [0.3, 0.4) is 0 Å². The van der Waals surface area contributed by atoms with Gasteiger partial charge in [-0.25, -0.2) is 4.98 Å². The highest BCUT2D eigenvalue weighted by Crippen LogP contribution is 2.18. The molecule has 0 aliphatic carbocycles. The van der Waals surface area contributed by atoms with Crippen molar-refractivity contribution in [3.05, 3.63) is 66.7 Å². The molecule has 0 radical (unpaired) electrons. The predicted octanol–water partition coefficient (Wildman–Crippen LogP) is 2.69. The highest BCUT2D eigenvalue weighted by molar-refractivity contribution is 5.54.